The van der Waals surface area contributed by atoms with Crippen LogP contribution >= 0.6 is 0 Å². The zero-order chi connectivity index (χ0) is 17.6. The monoisotopic (exact) mass is 320 g/mol. The minimum atomic E-state index is -0.922. The number of carboxylic acid groups (broad SMARTS) is 1. The van der Waals surface area contributed by atoms with Crippen molar-refractivity contribution in [3.05, 3.63) is 34.9 Å². The summed E-state index contributed by atoms with van der Waals surface area (Å²) in [6, 6.07) is 5.28. The van der Waals surface area contributed by atoms with Crippen molar-refractivity contribution in [3.63, 3.8) is 0 Å². The molecule has 5 nitrogen and oxygen atoms in total. The van der Waals surface area contributed by atoms with Crippen molar-refractivity contribution in [1.29, 1.82) is 0 Å². The molecule has 0 radical (unpaired) electrons. The summed E-state index contributed by atoms with van der Waals surface area (Å²) in [4.78, 5) is 23.3. The smallest absolute Gasteiger partial charge is 0.320 e. The molecule has 1 amide bonds. The zero-order valence-corrected chi connectivity index (χ0v) is 14.6. The topological polar surface area (TPSA) is 78.4 Å². The summed E-state index contributed by atoms with van der Waals surface area (Å²) in [5, 5.41) is 14.9. The summed E-state index contributed by atoms with van der Waals surface area (Å²) < 4.78 is 0. The van der Waals surface area contributed by atoms with Crippen LogP contribution in [0.25, 0.3) is 0 Å². The molecule has 1 rings (SSSR count). The van der Waals surface area contributed by atoms with E-state index in [2.05, 4.69) is 16.7 Å². The summed E-state index contributed by atoms with van der Waals surface area (Å²) in [5.41, 5.74) is 3.44. The van der Waals surface area contributed by atoms with E-state index in [1.165, 1.54) is 11.1 Å². The van der Waals surface area contributed by atoms with Gasteiger partial charge in [-0.2, -0.15) is 0 Å². The van der Waals surface area contributed by atoms with Gasteiger partial charge in [0.1, 0.15) is 6.04 Å². The lowest BCUT2D eigenvalue weighted by Crippen LogP contribution is -2.46. The van der Waals surface area contributed by atoms with Gasteiger partial charge in [0.15, 0.2) is 0 Å². The van der Waals surface area contributed by atoms with E-state index in [0.717, 1.165) is 12.0 Å². The van der Waals surface area contributed by atoms with Crippen LogP contribution in [0, 0.1) is 19.8 Å². The van der Waals surface area contributed by atoms with Crippen molar-refractivity contribution in [2.75, 3.05) is 6.54 Å². The molecule has 1 aromatic rings. The van der Waals surface area contributed by atoms with Crippen LogP contribution in [0.4, 0.5) is 0 Å². The molecule has 1 unspecified atom stereocenters. The summed E-state index contributed by atoms with van der Waals surface area (Å²) >= 11 is 0. The van der Waals surface area contributed by atoms with E-state index in [4.69, 9.17) is 0 Å². The maximum Gasteiger partial charge on any atom is 0.320 e. The van der Waals surface area contributed by atoms with Gasteiger partial charge in [0.2, 0.25) is 5.91 Å². The Kier molecular flexibility index (Phi) is 7.23. The maximum atomic E-state index is 12.1. The Morgan fingerprint density at radius 1 is 1.17 bits per heavy atom. The molecule has 0 heterocycles. The fraction of sp³-hybridized carbons (Fsp3) is 0.556. The molecule has 0 aliphatic rings. The summed E-state index contributed by atoms with van der Waals surface area (Å²) in [6.45, 7) is 9.80. The number of hydrogen-bond donors (Lipinski definition) is 3. The van der Waals surface area contributed by atoms with E-state index in [0.29, 0.717) is 0 Å². The van der Waals surface area contributed by atoms with Gasteiger partial charge in [0.05, 0.1) is 12.6 Å². The molecule has 1 aromatic carbocycles. The van der Waals surface area contributed by atoms with Crippen LogP contribution in [0.5, 0.6) is 0 Å². The van der Waals surface area contributed by atoms with E-state index in [1.54, 1.807) is 0 Å². The van der Waals surface area contributed by atoms with E-state index < -0.39 is 12.0 Å². The highest BCUT2D eigenvalue weighted by atomic mass is 16.4. The van der Waals surface area contributed by atoms with Crippen LogP contribution in [0.1, 0.15) is 49.9 Å². The van der Waals surface area contributed by atoms with Crippen molar-refractivity contribution < 1.29 is 14.7 Å². The second kappa shape index (κ2) is 8.67. The van der Waals surface area contributed by atoms with Crippen LogP contribution in [0.3, 0.4) is 0 Å². The predicted molar refractivity (Wildman–Crippen MR) is 91.4 cm³/mol. The average Bonchev–Trinajstić information content (AvgIpc) is 2.49. The molecular weight excluding hydrogens is 292 g/mol. The largest absolute Gasteiger partial charge is 0.480 e. The number of benzene rings is 1. The maximum absolute atomic E-state index is 12.1. The summed E-state index contributed by atoms with van der Waals surface area (Å²) in [6.07, 6.45) is 0.741. The second-order valence-electron chi connectivity index (χ2n) is 6.22. The van der Waals surface area contributed by atoms with Crippen molar-refractivity contribution in [3.8, 4) is 0 Å². The first-order valence-electron chi connectivity index (χ1n) is 8.09. The van der Waals surface area contributed by atoms with Crippen LogP contribution in [-0.4, -0.2) is 29.6 Å². The molecule has 0 aliphatic carbocycles. The Morgan fingerprint density at radius 3 is 2.35 bits per heavy atom. The van der Waals surface area contributed by atoms with E-state index in [9.17, 15) is 14.7 Å². The van der Waals surface area contributed by atoms with Crippen molar-refractivity contribution in [2.45, 2.75) is 53.1 Å². The van der Waals surface area contributed by atoms with Gasteiger partial charge in [0.25, 0.3) is 0 Å². The highest BCUT2D eigenvalue weighted by Crippen LogP contribution is 2.16. The molecule has 0 bridgehead atoms. The first-order valence-corrected chi connectivity index (χ1v) is 8.09. The third-order valence-corrected chi connectivity index (χ3v) is 4.37. The van der Waals surface area contributed by atoms with Crippen LogP contribution in [0.15, 0.2) is 18.2 Å². The van der Waals surface area contributed by atoms with Crippen molar-refractivity contribution in [1.82, 2.24) is 10.6 Å². The number of rotatable bonds is 8. The Hall–Kier alpha value is -1.88. The van der Waals surface area contributed by atoms with Gasteiger partial charge in [-0.1, -0.05) is 38.5 Å². The molecule has 3 atom stereocenters. The lowest BCUT2D eigenvalue weighted by atomic mass is 9.99. The van der Waals surface area contributed by atoms with E-state index >= 15 is 0 Å². The molecule has 0 saturated heterocycles. The average molecular weight is 320 g/mol. The Labute approximate surface area is 138 Å². The van der Waals surface area contributed by atoms with E-state index in [-0.39, 0.29) is 24.4 Å². The fourth-order valence-electron chi connectivity index (χ4n) is 2.38. The minimum absolute atomic E-state index is 0.00348. The molecule has 0 fully saturated rings. The highest BCUT2D eigenvalue weighted by Gasteiger charge is 2.23. The number of aryl methyl sites for hydroxylation is 2. The van der Waals surface area contributed by atoms with Crippen LogP contribution < -0.4 is 10.6 Å². The number of amides is 1. The quantitative estimate of drug-likeness (QED) is 0.688. The van der Waals surface area contributed by atoms with Gasteiger partial charge in [-0.3, -0.25) is 14.9 Å². The van der Waals surface area contributed by atoms with Gasteiger partial charge in [-0.25, -0.2) is 0 Å². The fourth-order valence-corrected chi connectivity index (χ4v) is 2.38. The number of carboxylic acids is 1. The number of aliphatic carboxylic acids is 1. The Bertz CT molecular complexity index is 557. The number of carbonyl (C=O) groups excluding carboxylic acids is 1. The van der Waals surface area contributed by atoms with Crippen LogP contribution in [-0.2, 0) is 9.59 Å². The summed E-state index contributed by atoms with van der Waals surface area (Å²) in [7, 11) is 0. The minimum Gasteiger partial charge on any atom is -0.480 e. The third kappa shape index (κ3) is 5.67. The summed E-state index contributed by atoms with van der Waals surface area (Å²) in [5.74, 6) is -1.16. The lowest BCUT2D eigenvalue weighted by Gasteiger charge is -2.21. The van der Waals surface area contributed by atoms with Gasteiger partial charge in [0, 0.05) is 0 Å². The standard InChI is InChI=1S/C18H28N2O3/c1-6-11(2)17(18(22)23)19-10-16(21)20-14(5)15-8-7-12(3)13(4)9-15/h7-9,11,14,17,19H,6,10H2,1-5H3,(H,20,21)(H,22,23)/t11-,14?,17-/m0/s1. The SMILES string of the molecule is CC[C@H](C)[C@H](NCC(=O)NC(C)c1ccc(C)c(C)c1)C(=O)O. The molecule has 128 valence electrons. The second-order valence-corrected chi connectivity index (χ2v) is 6.22. The number of nitrogens with one attached hydrogen (secondary N) is 2. The molecule has 5 heteroatoms. The third-order valence-electron chi connectivity index (χ3n) is 4.37. The predicted octanol–water partition coefficient (Wildman–Crippen LogP) is 2.57. The molecule has 0 saturated carbocycles. The molecule has 0 aromatic heterocycles. The molecule has 23 heavy (non-hydrogen) atoms. The lowest BCUT2D eigenvalue weighted by molar-refractivity contribution is -0.141. The van der Waals surface area contributed by atoms with Gasteiger partial charge >= 0.3 is 5.97 Å². The van der Waals surface area contributed by atoms with Crippen LogP contribution in [0.2, 0.25) is 0 Å². The van der Waals surface area contributed by atoms with Gasteiger partial charge in [-0.05, 0) is 43.4 Å². The number of hydrogen-bond acceptors (Lipinski definition) is 3. The van der Waals surface area contributed by atoms with Crippen molar-refractivity contribution >= 4 is 11.9 Å². The zero-order valence-electron chi connectivity index (χ0n) is 14.6. The molecule has 3 N–H and O–H groups in total. The normalized spacial score (nSPS) is 14.8. The Balaban J connectivity index is 2.58. The number of carbonyl (C=O) groups is 2. The highest BCUT2D eigenvalue weighted by molar-refractivity contribution is 5.80. The molecular formula is C18H28N2O3. The Morgan fingerprint density at radius 2 is 1.83 bits per heavy atom. The molecule has 0 spiro atoms. The van der Waals surface area contributed by atoms with Gasteiger partial charge in [-0.15, -0.1) is 0 Å². The first-order chi connectivity index (χ1) is 10.8. The van der Waals surface area contributed by atoms with Gasteiger partial charge < -0.3 is 10.4 Å². The van der Waals surface area contributed by atoms with Crippen molar-refractivity contribution in [2.24, 2.45) is 5.92 Å². The first kappa shape index (κ1) is 19.2. The molecule has 0 aliphatic heterocycles. The van der Waals surface area contributed by atoms with E-state index in [1.807, 2.05) is 46.8 Å².